The molecule has 3 nitrogen and oxygen atoms in total. The lowest BCUT2D eigenvalue weighted by Crippen LogP contribution is -2.26. The van der Waals surface area contributed by atoms with E-state index < -0.39 is 5.41 Å². The maximum atomic E-state index is 11.5. The zero-order valence-electron chi connectivity index (χ0n) is 7.39. The van der Waals surface area contributed by atoms with Crippen molar-refractivity contribution in [2.45, 2.75) is 19.3 Å². The van der Waals surface area contributed by atoms with Gasteiger partial charge in [-0.2, -0.15) is 0 Å². The molecule has 0 bridgehead atoms. The van der Waals surface area contributed by atoms with Crippen molar-refractivity contribution in [2.24, 2.45) is 0 Å². The normalized spacial score (nSPS) is 18.2. The minimum Gasteiger partial charge on any atom is -0.310 e. The van der Waals surface area contributed by atoms with Crippen LogP contribution in [0.2, 0.25) is 0 Å². The number of nitrogens with one attached hydrogen (secondary N) is 1. The maximum Gasteiger partial charge on any atom is 0.235 e. The number of nitrogens with zero attached hydrogens (tertiary/aromatic N) is 1. The molecule has 13 heavy (non-hydrogen) atoms. The zero-order valence-corrected chi connectivity index (χ0v) is 9.55. The van der Waals surface area contributed by atoms with Crippen molar-refractivity contribution >= 4 is 34.3 Å². The molecular formula is C9H9IN2O. The average Bonchev–Trinajstić information content (AvgIpc) is 2.27. The van der Waals surface area contributed by atoms with Crippen LogP contribution >= 0.6 is 22.6 Å². The number of carbonyl (C=O) groups excluding carboxylic acids is 1. The Labute approximate surface area is 90.1 Å². The molecule has 68 valence electrons. The number of pyridine rings is 1. The quantitative estimate of drug-likeness (QED) is 0.741. The highest BCUT2D eigenvalue weighted by molar-refractivity contribution is 14.1. The minimum atomic E-state index is -0.441. The number of carbonyl (C=O) groups is 1. The molecule has 0 fully saturated rings. The second kappa shape index (κ2) is 2.67. The SMILES string of the molecule is CC1(C)C(=O)Nc2ncc(I)cc21. The molecule has 0 atom stereocenters. The summed E-state index contributed by atoms with van der Waals surface area (Å²) >= 11 is 2.20. The van der Waals surface area contributed by atoms with E-state index in [4.69, 9.17) is 0 Å². The van der Waals surface area contributed by atoms with Gasteiger partial charge in [0.1, 0.15) is 5.82 Å². The Morgan fingerprint density at radius 2 is 2.23 bits per heavy atom. The average molecular weight is 288 g/mol. The summed E-state index contributed by atoms with van der Waals surface area (Å²) in [6.45, 7) is 3.82. The van der Waals surface area contributed by atoms with E-state index in [0.717, 1.165) is 9.13 Å². The summed E-state index contributed by atoms with van der Waals surface area (Å²) in [4.78, 5) is 15.7. The summed E-state index contributed by atoms with van der Waals surface area (Å²) < 4.78 is 1.06. The lowest BCUT2D eigenvalue weighted by atomic mass is 9.87. The van der Waals surface area contributed by atoms with Gasteiger partial charge in [0.05, 0.1) is 5.41 Å². The van der Waals surface area contributed by atoms with Gasteiger partial charge in [-0.15, -0.1) is 0 Å². The Morgan fingerprint density at radius 1 is 1.54 bits per heavy atom. The fourth-order valence-electron chi connectivity index (χ4n) is 1.40. The van der Waals surface area contributed by atoms with Gasteiger partial charge < -0.3 is 5.32 Å². The van der Waals surface area contributed by atoms with Crippen molar-refractivity contribution < 1.29 is 4.79 Å². The number of amides is 1. The molecule has 1 aromatic heterocycles. The lowest BCUT2D eigenvalue weighted by Gasteiger charge is -2.14. The molecule has 1 N–H and O–H groups in total. The molecule has 0 saturated carbocycles. The first-order valence-corrected chi connectivity index (χ1v) is 5.07. The molecule has 1 aliphatic rings. The molecule has 1 amide bonds. The number of rotatable bonds is 0. The van der Waals surface area contributed by atoms with Gasteiger partial charge in [-0.25, -0.2) is 4.98 Å². The molecule has 0 spiro atoms. The Bertz CT molecular complexity index is 387. The first kappa shape index (κ1) is 8.93. The Kier molecular flexibility index (Phi) is 1.83. The maximum absolute atomic E-state index is 11.5. The highest BCUT2D eigenvalue weighted by Gasteiger charge is 2.39. The molecule has 0 aliphatic carbocycles. The van der Waals surface area contributed by atoms with E-state index in [1.165, 1.54) is 0 Å². The topological polar surface area (TPSA) is 42.0 Å². The van der Waals surface area contributed by atoms with Gasteiger partial charge in [-0.05, 0) is 42.5 Å². The van der Waals surface area contributed by atoms with Crippen LogP contribution < -0.4 is 5.32 Å². The Morgan fingerprint density at radius 3 is 2.92 bits per heavy atom. The number of anilines is 1. The van der Waals surface area contributed by atoms with Crippen molar-refractivity contribution in [3.05, 3.63) is 21.4 Å². The molecule has 0 radical (unpaired) electrons. The molecule has 0 saturated heterocycles. The largest absolute Gasteiger partial charge is 0.310 e. The third-order valence-electron chi connectivity index (χ3n) is 2.33. The van der Waals surface area contributed by atoms with Crippen LogP contribution in [0.3, 0.4) is 0 Å². The minimum absolute atomic E-state index is 0.0250. The third-order valence-corrected chi connectivity index (χ3v) is 2.92. The van der Waals surface area contributed by atoms with Gasteiger partial charge in [0.25, 0.3) is 0 Å². The fourth-order valence-corrected chi connectivity index (χ4v) is 1.85. The van der Waals surface area contributed by atoms with Gasteiger partial charge in [-0.1, -0.05) is 0 Å². The second-order valence-electron chi connectivity index (χ2n) is 3.63. The smallest absolute Gasteiger partial charge is 0.235 e. The van der Waals surface area contributed by atoms with Crippen LogP contribution in [-0.2, 0) is 10.2 Å². The summed E-state index contributed by atoms with van der Waals surface area (Å²) in [7, 11) is 0. The van der Waals surface area contributed by atoms with Gasteiger partial charge in [0.2, 0.25) is 5.91 Å². The molecule has 1 aliphatic heterocycles. The molecule has 0 unspecified atom stereocenters. The molecule has 2 rings (SSSR count). The van der Waals surface area contributed by atoms with Crippen LogP contribution in [0.15, 0.2) is 12.3 Å². The first-order valence-electron chi connectivity index (χ1n) is 3.99. The van der Waals surface area contributed by atoms with Crippen LogP contribution in [0.25, 0.3) is 0 Å². The van der Waals surface area contributed by atoms with E-state index in [2.05, 4.69) is 32.9 Å². The number of hydrogen-bond donors (Lipinski definition) is 1. The molecule has 0 aromatic carbocycles. The van der Waals surface area contributed by atoms with Crippen molar-refractivity contribution in [3.63, 3.8) is 0 Å². The van der Waals surface area contributed by atoms with E-state index in [0.29, 0.717) is 5.82 Å². The van der Waals surface area contributed by atoms with E-state index in [9.17, 15) is 4.79 Å². The van der Waals surface area contributed by atoms with Crippen LogP contribution in [-0.4, -0.2) is 10.9 Å². The lowest BCUT2D eigenvalue weighted by molar-refractivity contribution is -0.119. The third kappa shape index (κ3) is 1.23. The summed E-state index contributed by atoms with van der Waals surface area (Å²) in [6, 6.07) is 2.00. The second-order valence-corrected chi connectivity index (χ2v) is 4.87. The van der Waals surface area contributed by atoms with E-state index in [1.807, 2.05) is 19.9 Å². The van der Waals surface area contributed by atoms with Crippen LogP contribution in [0.1, 0.15) is 19.4 Å². The predicted molar refractivity (Wildman–Crippen MR) is 58.6 cm³/mol. The standard InChI is InChI=1S/C9H9IN2O/c1-9(2)6-3-5(10)4-11-7(6)12-8(9)13/h3-4H,1-2H3,(H,11,12,13). The van der Waals surface area contributed by atoms with Crippen molar-refractivity contribution in [3.8, 4) is 0 Å². The van der Waals surface area contributed by atoms with Gasteiger partial charge in [-0.3, -0.25) is 4.79 Å². The van der Waals surface area contributed by atoms with Crippen molar-refractivity contribution in [2.75, 3.05) is 5.32 Å². The predicted octanol–water partition coefficient (Wildman–Crippen LogP) is 1.92. The van der Waals surface area contributed by atoms with E-state index in [1.54, 1.807) is 6.20 Å². The monoisotopic (exact) mass is 288 g/mol. The molecule has 4 heteroatoms. The number of fused-ring (bicyclic) bond motifs is 1. The van der Waals surface area contributed by atoms with Gasteiger partial charge in [0, 0.05) is 15.3 Å². The van der Waals surface area contributed by atoms with Gasteiger partial charge in [0.15, 0.2) is 0 Å². The summed E-state index contributed by atoms with van der Waals surface area (Å²) in [5, 5.41) is 2.76. The summed E-state index contributed by atoms with van der Waals surface area (Å²) in [5.41, 5.74) is 0.549. The van der Waals surface area contributed by atoms with Crippen molar-refractivity contribution in [1.29, 1.82) is 0 Å². The summed E-state index contributed by atoms with van der Waals surface area (Å²) in [6.07, 6.45) is 1.75. The van der Waals surface area contributed by atoms with Crippen LogP contribution in [0.4, 0.5) is 5.82 Å². The van der Waals surface area contributed by atoms with Crippen molar-refractivity contribution in [1.82, 2.24) is 4.98 Å². The summed E-state index contributed by atoms with van der Waals surface area (Å²) in [5.74, 6) is 0.729. The highest BCUT2D eigenvalue weighted by atomic mass is 127. The zero-order chi connectivity index (χ0) is 9.64. The Balaban J connectivity index is 2.64. The number of aromatic nitrogens is 1. The first-order chi connectivity index (χ1) is 6.01. The van der Waals surface area contributed by atoms with Crippen LogP contribution in [0.5, 0.6) is 0 Å². The van der Waals surface area contributed by atoms with Crippen LogP contribution in [0, 0.1) is 3.57 Å². The fraction of sp³-hybridized carbons (Fsp3) is 0.333. The molecule has 1 aromatic rings. The highest BCUT2D eigenvalue weighted by Crippen LogP contribution is 2.36. The Hall–Kier alpha value is -0.650. The molecular weight excluding hydrogens is 279 g/mol. The van der Waals surface area contributed by atoms with E-state index in [-0.39, 0.29) is 5.91 Å². The number of hydrogen-bond acceptors (Lipinski definition) is 2. The van der Waals surface area contributed by atoms with Gasteiger partial charge >= 0.3 is 0 Å². The molecule has 2 heterocycles. The number of halogens is 1. The van der Waals surface area contributed by atoms with E-state index >= 15 is 0 Å².